The number of thiazole rings is 1. The summed E-state index contributed by atoms with van der Waals surface area (Å²) >= 11 is 1.77. The van der Waals surface area contributed by atoms with Gasteiger partial charge in [0.25, 0.3) is 0 Å². The number of furan rings is 1. The molecule has 3 aromatic heterocycles. The van der Waals surface area contributed by atoms with Gasteiger partial charge >= 0.3 is 0 Å². The van der Waals surface area contributed by atoms with Crippen LogP contribution in [0, 0.1) is 0 Å². The lowest BCUT2D eigenvalue weighted by Gasteiger charge is -2.22. The Bertz CT molecular complexity index is 3110. The topological polar surface area (TPSA) is 64.7 Å². The van der Waals surface area contributed by atoms with E-state index in [0.29, 0.717) is 17.5 Å². The van der Waals surface area contributed by atoms with Gasteiger partial charge in [0.1, 0.15) is 16.2 Å². The molecule has 0 fully saturated rings. The Morgan fingerprint density at radius 3 is 1.85 bits per heavy atom. The molecule has 0 spiro atoms. The number of hydrogen-bond donors (Lipinski definition) is 0. The zero-order chi connectivity index (χ0) is 36.7. The van der Waals surface area contributed by atoms with Crippen molar-refractivity contribution in [2.75, 3.05) is 0 Å². The van der Waals surface area contributed by atoms with Gasteiger partial charge < -0.3 is 4.42 Å². The van der Waals surface area contributed by atoms with Crippen LogP contribution in [0.3, 0.4) is 0 Å². The highest BCUT2D eigenvalue weighted by molar-refractivity contribution is 7.21. The Kier molecular flexibility index (Phi) is 7.00. The number of fused-ring (bicyclic) bond motifs is 7. The first-order valence-electron chi connectivity index (χ1n) is 18.5. The molecule has 0 bridgehead atoms. The second-order valence-corrected chi connectivity index (χ2v) is 15.7. The van der Waals surface area contributed by atoms with Gasteiger partial charge in [-0.1, -0.05) is 141 Å². The maximum absolute atomic E-state index is 6.39. The molecule has 260 valence electrons. The van der Waals surface area contributed by atoms with Gasteiger partial charge in [0.15, 0.2) is 17.5 Å². The van der Waals surface area contributed by atoms with Crippen molar-refractivity contribution < 1.29 is 4.42 Å². The molecule has 0 aliphatic heterocycles. The summed E-state index contributed by atoms with van der Waals surface area (Å²) in [6.45, 7) is 4.67. The molecule has 0 unspecified atom stereocenters. The highest BCUT2D eigenvalue weighted by Gasteiger charge is 2.36. The van der Waals surface area contributed by atoms with E-state index < -0.39 is 0 Å². The summed E-state index contributed by atoms with van der Waals surface area (Å²) in [7, 11) is 0. The third kappa shape index (κ3) is 5.13. The Labute approximate surface area is 321 Å². The van der Waals surface area contributed by atoms with Crippen molar-refractivity contribution in [1.29, 1.82) is 0 Å². The SMILES string of the molecule is CC1(C)c2cc(-c3ccc(-c4nc(-c5ccccc5)nc(-c5cccc6c5oc5ccccc56)n4)cc3)ccc2-c2cc3nc(-c4ccccc4)sc3cc21. The van der Waals surface area contributed by atoms with Crippen molar-refractivity contribution >= 4 is 43.5 Å². The van der Waals surface area contributed by atoms with Gasteiger partial charge in [-0.15, -0.1) is 11.3 Å². The van der Waals surface area contributed by atoms with Gasteiger partial charge in [-0.3, -0.25) is 0 Å². The summed E-state index contributed by atoms with van der Waals surface area (Å²) in [4.78, 5) is 20.1. The summed E-state index contributed by atoms with van der Waals surface area (Å²) in [5.41, 5.74) is 13.9. The van der Waals surface area contributed by atoms with E-state index in [9.17, 15) is 0 Å². The summed E-state index contributed by atoms with van der Waals surface area (Å²) in [5, 5.41) is 3.17. The van der Waals surface area contributed by atoms with E-state index in [1.54, 1.807) is 11.3 Å². The molecule has 1 aliphatic carbocycles. The molecule has 7 aromatic carbocycles. The lowest BCUT2D eigenvalue weighted by atomic mass is 9.81. The van der Waals surface area contributed by atoms with Crippen molar-refractivity contribution in [1.82, 2.24) is 19.9 Å². The van der Waals surface area contributed by atoms with E-state index in [1.165, 1.54) is 32.5 Å². The lowest BCUT2D eigenvalue weighted by molar-refractivity contribution is 0.661. The lowest BCUT2D eigenvalue weighted by Crippen LogP contribution is -2.14. The van der Waals surface area contributed by atoms with Crippen LogP contribution in [0.2, 0.25) is 0 Å². The maximum Gasteiger partial charge on any atom is 0.167 e. The summed E-state index contributed by atoms with van der Waals surface area (Å²) < 4.78 is 7.62. The quantitative estimate of drug-likeness (QED) is 0.177. The van der Waals surface area contributed by atoms with E-state index in [1.807, 2.05) is 66.7 Å². The summed E-state index contributed by atoms with van der Waals surface area (Å²) in [6, 6.07) is 54.9. The monoisotopic (exact) mass is 724 g/mol. The van der Waals surface area contributed by atoms with E-state index in [4.69, 9.17) is 24.4 Å². The predicted molar refractivity (Wildman–Crippen MR) is 225 cm³/mol. The Morgan fingerprint density at radius 1 is 0.455 bits per heavy atom. The molecule has 0 saturated heterocycles. The molecule has 0 saturated carbocycles. The van der Waals surface area contributed by atoms with Crippen LogP contribution < -0.4 is 0 Å². The van der Waals surface area contributed by atoms with E-state index in [2.05, 4.69) is 105 Å². The van der Waals surface area contributed by atoms with E-state index >= 15 is 0 Å². The standard InChI is InChI=1S/C49H32N4OS/c1-49(2)39-26-33(24-25-34(39)38-27-41-43(28-40(38)49)55-48(50-41)32-14-7-4-8-15-32)29-20-22-31(23-21-29)46-51-45(30-12-5-3-6-13-30)52-47(53-46)37-18-11-17-36-35-16-9-10-19-42(35)54-44(36)37/h3-28H,1-2H3. The Morgan fingerprint density at radius 2 is 1.07 bits per heavy atom. The van der Waals surface area contributed by atoms with Crippen LogP contribution in [0.25, 0.3) is 99.1 Å². The minimum Gasteiger partial charge on any atom is -0.455 e. The first-order chi connectivity index (χ1) is 27.0. The van der Waals surface area contributed by atoms with E-state index in [0.717, 1.165) is 60.3 Å². The van der Waals surface area contributed by atoms with E-state index in [-0.39, 0.29) is 5.41 Å². The van der Waals surface area contributed by atoms with Crippen LogP contribution in [-0.2, 0) is 5.41 Å². The van der Waals surface area contributed by atoms with Gasteiger partial charge in [0.2, 0.25) is 0 Å². The molecule has 1 aliphatic rings. The fourth-order valence-electron chi connectivity index (χ4n) is 8.12. The fraction of sp³-hybridized carbons (Fsp3) is 0.0612. The minimum atomic E-state index is -0.149. The second-order valence-electron chi connectivity index (χ2n) is 14.7. The number of aromatic nitrogens is 4. The third-order valence-electron chi connectivity index (χ3n) is 11.0. The number of para-hydroxylation sites is 2. The van der Waals surface area contributed by atoms with Crippen LogP contribution in [0.4, 0.5) is 0 Å². The molecular formula is C49H32N4OS. The first kappa shape index (κ1) is 31.7. The number of nitrogens with zero attached hydrogens (tertiary/aromatic N) is 4. The largest absolute Gasteiger partial charge is 0.455 e. The summed E-state index contributed by atoms with van der Waals surface area (Å²) in [6.07, 6.45) is 0. The minimum absolute atomic E-state index is 0.149. The summed E-state index contributed by atoms with van der Waals surface area (Å²) in [5.74, 6) is 1.80. The number of benzene rings is 7. The maximum atomic E-state index is 6.39. The molecule has 11 rings (SSSR count). The van der Waals surface area contributed by atoms with Gasteiger partial charge in [0.05, 0.1) is 15.8 Å². The van der Waals surface area contributed by atoms with Crippen molar-refractivity contribution in [2.24, 2.45) is 0 Å². The van der Waals surface area contributed by atoms with Crippen LogP contribution >= 0.6 is 11.3 Å². The molecule has 0 radical (unpaired) electrons. The second kappa shape index (κ2) is 12.1. The fourth-order valence-corrected chi connectivity index (χ4v) is 9.11. The van der Waals surface area contributed by atoms with Crippen molar-refractivity contribution in [3.05, 3.63) is 169 Å². The van der Waals surface area contributed by atoms with Crippen LogP contribution in [0.15, 0.2) is 162 Å². The van der Waals surface area contributed by atoms with Gasteiger partial charge in [-0.2, -0.15) is 0 Å². The molecule has 0 amide bonds. The highest BCUT2D eigenvalue weighted by Crippen LogP contribution is 2.51. The van der Waals surface area contributed by atoms with Gasteiger partial charge in [-0.05, 0) is 63.7 Å². The molecule has 10 aromatic rings. The van der Waals surface area contributed by atoms with Crippen molar-refractivity contribution in [2.45, 2.75) is 19.3 Å². The normalized spacial score (nSPS) is 13.1. The number of rotatable bonds is 5. The number of hydrogen-bond acceptors (Lipinski definition) is 6. The van der Waals surface area contributed by atoms with Crippen LogP contribution in [-0.4, -0.2) is 19.9 Å². The Hall–Kier alpha value is -6.76. The molecule has 0 atom stereocenters. The van der Waals surface area contributed by atoms with Crippen molar-refractivity contribution in [3.63, 3.8) is 0 Å². The predicted octanol–water partition coefficient (Wildman–Crippen LogP) is 13.0. The van der Waals surface area contributed by atoms with Crippen LogP contribution in [0.5, 0.6) is 0 Å². The zero-order valence-electron chi connectivity index (χ0n) is 30.1. The van der Waals surface area contributed by atoms with Crippen LogP contribution in [0.1, 0.15) is 25.0 Å². The van der Waals surface area contributed by atoms with Gasteiger partial charge in [-0.25, -0.2) is 19.9 Å². The molecule has 55 heavy (non-hydrogen) atoms. The first-order valence-corrected chi connectivity index (χ1v) is 19.3. The zero-order valence-corrected chi connectivity index (χ0v) is 30.9. The molecule has 0 N–H and O–H groups in total. The molecule has 6 heteroatoms. The smallest absolute Gasteiger partial charge is 0.167 e. The molecule has 5 nitrogen and oxygen atoms in total. The van der Waals surface area contributed by atoms with Crippen molar-refractivity contribution in [3.8, 4) is 67.0 Å². The Balaban J connectivity index is 0.967. The average Bonchev–Trinajstić information content (AvgIpc) is 3.90. The molecular weight excluding hydrogens is 693 g/mol. The highest BCUT2D eigenvalue weighted by atomic mass is 32.1. The third-order valence-corrected chi connectivity index (χ3v) is 12.1. The molecule has 3 heterocycles. The van der Waals surface area contributed by atoms with Gasteiger partial charge in [0, 0.05) is 32.9 Å². The average molecular weight is 725 g/mol.